The van der Waals surface area contributed by atoms with Crippen molar-refractivity contribution in [1.29, 1.82) is 0 Å². The van der Waals surface area contributed by atoms with Crippen molar-refractivity contribution in [2.45, 2.75) is 0 Å². The van der Waals surface area contributed by atoms with Crippen LogP contribution < -0.4 is 10.6 Å². The van der Waals surface area contributed by atoms with E-state index in [1.807, 2.05) is 0 Å². The van der Waals surface area contributed by atoms with Crippen molar-refractivity contribution >= 4 is 35.0 Å². The molecule has 0 aliphatic rings. The summed E-state index contributed by atoms with van der Waals surface area (Å²) in [5.74, 6) is -1.73. The molecule has 0 bridgehead atoms. The maximum absolute atomic E-state index is 13.4. The van der Waals surface area contributed by atoms with Crippen LogP contribution in [0.25, 0.3) is 0 Å². The first-order valence-electron chi connectivity index (χ1n) is 5.83. The van der Waals surface area contributed by atoms with Crippen molar-refractivity contribution in [3.8, 4) is 0 Å². The molecule has 5 nitrogen and oxygen atoms in total. The predicted octanol–water partition coefficient (Wildman–Crippen LogP) is 3.82. The number of aromatic carboxylic acids is 1. The Labute approximate surface area is 124 Å². The number of hydrogen-bond donors (Lipinski definition) is 3. The van der Waals surface area contributed by atoms with Gasteiger partial charge in [0.25, 0.3) is 0 Å². The van der Waals surface area contributed by atoms with Crippen molar-refractivity contribution in [3.05, 3.63) is 58.9 Å². The van der Waals surface area contributed by atoms with E-state index >= 15 is 0 Å². The molecule has 2 amide bonds. The number of hydrogen-bond acceptors (Lipinski definition) is 2. The standard InChI is InChI=1S/C14H10ClFN2O3/c15-9-6-5-8(13(19)20)7-12(9)18-14(21)17-11-4-2-1-3-10(11)16/h1-7H,(H,19,20)(H2,17,18,21). The highest BCUT2D eigenvalue weighted by molar-refractivity contribution is 6.34. The molecule has 0 aromatic heterocycles. The normalized spacial score (nSPS) is 10.0. The third kappa shape index (κ3) is 3.70. The monoisotopic (exact) mass is 308 g/mol. The Kier molecular flexibility index (Phi) is 4.39. The van der Waals surface area contributed by atoms with Gasteiger partial charge in [0.15, 0.2) is 0 Å². The molecular weight excluding hydrogens is 299 g/mol. The molecule has 2 aromatic rings. The van der Waals surface area contributed by atoms with Gasteiger partial charge < -0.3 is 15.7 Å². The average Bonchev–Trinajstić information content (AvgIpc) is 2.43. The molecule has 0 saturated carbocycles. The van der Waals surface area contributed by atoms with Crippen LogP contribution in [-0.2, 0) is 0 Å². The van der Waals surface area contributed by atoms with Gasteiger partial charge in [-0.1, -0.05) is 23.7 Å². The Morgan fingerprint density at radius 1 is 1.05 bits per heavy atom. The smallest absolute Gasteiger partial charge is 0.335 e. The lowest BCUT2D eigenvalue weighted by atomic mass is 10.2. The number of carbonyl (C=O) groups is 2. The van der Waals surface area contributed by atoms with E-state index in [4.69, 9.17) is 16.7 Å². The van der Waals surface area contributed by atoms with Crippen molar-refractivity contribution < 1.29 is 19.1 Å². The number of rotatable bonds is 3. The number of carboxylic acids is 1. The quantitative estimate of drug-likeness (QED) is 0.806. The SMILES string of the molecule is O=C(Nc1ccccc1F)Nc1cc(C(=O)O)ccc1Cl. The second kappa shape index (κ2) is 6.23. The lowest BCUT2D eigenvalue weighted by Crippen LogP contribution is -2.20. The molecule has 0 heterocycles. The summed E-state index contributed by atoms with van der Waals surface area (Å²) < 4.78 is 13.4. The Hall–Kier alpha value is -2.60. The van der Waals surface area contributed by atoms with Crippen molar-refractivity contribution in [2.24, 2.45) is 0 Å². The molecule has 0 fully saturated rings. The van der Waals surface area contributed by atoms with Crippen LogP contribution in [0.15, 0.2) is 42.5 Å². The third-order valence-corrected chi connectivity index (χ3v) is 2.91. The largest absolute Gasteiger partial charge is 0.478 e. The Morgan fingerprint density at radius 2 is 1.71 bits per heavy atom. The van der Waals surface area contributed by atoms with Crippen LogP contribution in [0.2, 0.25) is 5.02 Å². The second-order valence-corrected chi connectivity index (χ2v) is 4.47. The van der Waals surface area contributed by atoms with E-state index in [1.165, 1.54) is 36.4 Å². The number of amides is 2. The van der Waals surface area contributed by atoms with Gasteiger partial charge in [0.1, 0.15) is 5.82 Å². The zero-order chi connectivity index (χ0) is 15.4. The van der Waals surface area contributed by atoms with Gasteiger partial charge in [-0.05, 0) is 30.3 Å². The van der Waals surface area contributed by atoms with Gasteiger partial charge in [-0.2, -0.15) is 0 Å². The van der Waals surface area contributed by atoms with Crippen molar-refractivity contribution in [1.82, 2.24) is 0 Å². The third-order valence-electron chi connectivity index (χ3n) is 2.58. The highest BCUT2D eigenvalue weighted by atomic mass is 35.5. The molecule has 0 radical (unpaired) electrons. The van der Waals surface area contributed by atoms with Gasteiger partial charge >= 0.3 is 12.0 Å². The van der Waals surface area contributed by atoms with Crippen LogP contribution >= 0.6 is 11.6 Å². The second-order valence-electron chi connectivity index (χ2n) is 4.06. The number of para-hydroxylation sites is 1. The molecule has 0 aliphatic heterocycles. The fourth-order valence-electron chi connectivity index (χ4n) is 1.59. The van der Waals surface area contributed by atoms with Crippen molar-refractivity contribution in [3.63, 3.8) is 0 Å². The van der Waals surface area contributed by atoms with Crippen LogP contribution in [-0.4, -0.2) is 17.1 Å². The molecule has 0 atom stereocenters. The number of halogens is 2. The topological polar surface area (TPSA) is 78.4 Å². The molecule has 2 aromatic carbocycles. The molecule has 21 heavy (non-hydrogen) atoms. The lowest BCUT2D eigenvalue weighted by molar-refractivity contribution is 0.0697. The lowest BCUT2D eigenvalue weighted by Gasteiger charge is -2.10. The first-order valence-corrected chi connectivity index (χ1v) is 6.20. The first kappa shape index (κ1) is 14.8. The molecule has 2 rings (SSSR count). The number of anilines is 2. The summed E-state index contributed by atoms with van der Waals surface area (Å²) in [6.07, 6.45) is 0. The average molecular weight is 309 g/mol. The van der Waals surface area contributed by atoms with Crippen LogP contribution in [0, 0.1) is 5.82 Å². The van der Waals surface area contributed by atoms with Gasteiger partial charge in [-0.3, -0.25) is 0 Å². The van der Waals surface area contributed by atoms with Gasteiger partial charge in [0, 0.05) is 0 Å². The van der Waals surface area contributed by atoms with E-state index in [0.717, 1.165) is 0 Å². The number of carboxylic acid groups (broad SMARTS) is 1. The zero-order valence-corrected chi connectivity index (χ0v) is 11.3. The molecule has 3 N–H and O–H groups in total. The summed E-state index contributed by atoms with van der Waals surface area (Å²) >= 11 is 5.87. The molecule has 0 saturated heterocycles. The van der Waals surface area contributed by atoms with Crippen LogP contribution in [0.4, 0.5) is 20.6 Å². The van der Waals surface area contributed by atoms with Gasteiger partial charge in [0.2, 0.25) is 0 Å². The molecular formula is C14H10ClFN2O3. The fraction of sp³-hybridized carbons (Fsp3) is 0. The van der Waals surface area contributed by atoms with Crippen LogP contribution in [0.1, 0.15) is 10.4 Å². The van der Waals surface area contributed by atoms with E-state index in [0.29, 0.717) is 0 Å². The highest BCUT2D eigenvalue weighted by Crippen LogP contribution is 2.23. The summed E-state index contributed by atoms with van der Waals surface area (Å²) in [5, 5.41) is 13.7. The maximum atomic E-state index is 13.4. The minimum atomic E-state index is -1.15. The molecule has 0 aliphatic carbocycles. The Balaban J connectivity index is 2.15. The summed E-state index contributed by atoms with van der Waals surface area (Å²) in [4.78, 5) is 22.6. The number of benzene rings is 2. The summed E-state index contributed by atoms with van der Waals surface area (Å²) in [7, 11) is 0. The molecule has 108 valence electrons. The van der Waals surface area contributed by atoms with Gasteiger partial charge in [-0.15, -0.1) is 0 Å². The number of nitrogens with one attached hydrogen (secondary N) is 2. The van der Waals surface area contributed by atoms with E-state index in [-0.39, 0.29) is 22.0 Å². The first-order chi connectivity index (χ1) is 9.97. The van der Waals surface area contributed by atoms with E-state index in [9.17, 15) is 14.0 Å². The molecule has 0 unspecified atom stereocenters. The van der Waals surface area contributed by atoms with Gasteiger partial charge in [-0.25, -0.2) is 14.0 Å². The minimum Gasteiger partial charge on any atom is -0.478 e. The zero-order valence-electron chi connectivity index (χ0n) is 10.6. The maximum Gasteiger partial charge on any atom is 0.335 e. The van der Waals surface area contributed by atoms with Crippen LogP contribution in [0.5, 0.6) is 0 Å². The van der Waals surface area contributed by atoms with Crippen LogP contribution in [0.3, 0.4) is 0 Å². The fourth-order valence-corrected chi connectivity index (χ4v) is 1.76. The van der Waals surface area contributed by atoms with Gasteiger partial charge in [0.05, 0.1) is 22.0 Å². The van der Waals surface area contributed by atoms with E-state index in [1.54, 1.807) is 6.07 Å². The highest BCUT2D eigenvalue weighted by Gasteiger charge is 2.11. The summed E-state index contributed by atoms with van der Waals surface area (Å²) in [6.45, 7) is 0. The summed E-state index contributed by atoms with van der Waals surface area (Å²) in [5.41, 5.74) is 0.0894. The predicted molar refractivity (Wildman–Crippen MR) is 77.5 cm³/mol. The minimum absolute atomic E-state index is 0.000474. The Bertz CT molecular complexity index is 706. The van der Waals surface area contributed by atoms with E-state index in [2.05, 4.69) is 10.6 Å². The van der Waals surface area contributed by atoms with Crippen molar-refractivity contribution in [2.75, 3.05) is 10.6 Å². The molecule has 7 heteroatoms. The number of urea groups is 1. The summed E-state index contributed by atoms with van der Waals surface area (Å²) in [6, 6.07) is 8.80. The van der Waals surface area contributed by atoms with E-state index < -0.39 is 17.8 Å². The Morgan fingerprint density at radius 3 is 2.38 bits per heavy atom. The molecule has 0 spiro atoms. The number of carbonyl (C=O) groups excluding carboxylic acids is 1.